The third-order valence-corrected chi connectivity index (χ3v) is 6.10. The maximum atomic E-state index is 10.6. The number of fused-ring (bicyclic) bond motifs is 1. The Hall–Kier alpha value is -2.59. The summed E-state index contributed by atoms with van der Waals surface area (Å²) >= 11 is 1.65. The summed E-state index contributed by atoms with van der Waals surface area (Å²) in [6.07, 6.45) is 2.80. The Bertz CT molecular complexity index is 1120. The molecule has 1 unspecified atom stereocenters. The van der Waals surface area contributed by atoms with Crippen LogP contribution in [-0.4, -0.2) is 72.1 Å². The Labute approximate surface area is 185 Å². The molecule has 0 aliphatic carbocycles. The predicted molar refractivity (Wildman–Crippen MR) is 121 cm³/mol. The van der Waals surface area contributed by atoms with Crippen LogP contribution in [0.5, 0.6) is 0 Å². The molecule has 1 atom stereocenters. The number of imidazole rings is 1. The van der Waals surface area contributed by atoms with Gasteiger partial charge in [-0.2, -0.15) is 5.10 Å². The van der Waals surface area contributed by atoms with E-state index in [4.69, 9.17) is 10.1 Å². The van der Waals surface area contributed by atoms with Gasteiger partial charge in [0.2, 0.25) is 0 Å². The number of aliphatic hydroxyl groups excluding tert-OH is 2. The molecule has 0 bridgehead atoms. The van der Waals surface area contributed by atoms with Gasteiger partial charge >= 0.3 is 0 Å². The van der Waals surface area contributed by atoms with E-state index in [0.717, 1.165) is 33.6 Å². The first kappa shape index (κ1) is 21.6. The van der Waals surface area contributed by atoms with Crippen LogP contribution in [0, 0.1) is 6.92 Å². The average Bonchev–Trinajstić information content (AvgIpc) is 3.46. The number of aliphatic hydroxyl groups is 2. The van der Waals surface area contributed by atoms with Gasteiger partial charge < -0.3 is 19.7 Å². The van der Waals surface area contributed by atoms with Gasteiger partial charge in [-0.25, -0.2) is 14.5 Å². The lowest BCUT2D eigenvalue weighted by Crippen LogP contribution is -2.34. The molecule has 0 saturated heterocycles. The Kier molecular flexibility index (Phi) is 6.77. The first-order chi connectivity index (χ1) is 15.0. The molecule has 0 amide bonds. The summed E-state index contributed by atoms with van der Waals surface area (Å²) in [5.74, 6) is 1.69. The molecule has 0 fully saturated rings. The van der Waals surface area contributed by atoms with Gasteiger partial charge in [0.15, 0.2) is 11.5 Å². The molecule has 8 nitrogen and oxygen atoms in total. The molecule has 4 aromatic rings. The van der Waals surface area contributed by atoms with Gasteiger partial charge in [-0.1, -0.05) is 12.1 Å². The highest BCUT2D eigenvalue weighted by Crippen LogP contribution is 2.24. The molecule has 0 aliphatic heterocycles. The van der Waals surface area contributed by atoms with Crippen LogP contribution >= 0.6 is 11.3 Å². The SMILES string of the molecule is Cc1cccc2nc(CCc3nc(-c4cccs4)cn3CC(O)CN(C)CCO)nn12. The van der Waals surface area contributed by atoms with E-state index >= 15 is 0 Å². The fourth-order valence-corrected chi connectivity index (χ4v) is 4.35. The summed E-state index contributed by atoms with van der Waals surface area (Å²) in [7, 11) is 1.89. The van der Waals surface area contributed by atoms with Crippen molar-refractivity contribution in [3.8, 4) is 10.6 Å². The summed E-state index contributed by atoms with van der Waals surface area (Å²) in [6.45, 7) is 3.56. The third-order valence-electron chi connectivity index (χ3n) is 5.21. The van der Waals surface area contributed by atoms with Crippen molar-refractivity contribution in [2.24, 2.45) is 0 Å². The largest absolute Gasteiger partial charge is 0.395 e. The normalized spacial score (nSPS) is 12.8. The minimum absolute atomic E-state index is 0.0769. The number of thiophene rings is 1. The van der Waals surface area contributed by atoms with Crippen LogP contribution < -0.4 is 0 Å². The minimum Gasteiger partial charge on any atom is -0.395 e. The molecule has 2 N–H and O–H groups in total. The van der Waals surface area contributed by atoms with Crippen LogP contribution in [0.2, 0.25) is 0 Å². The molecule has 0 aromatic carbocycles. The Balaban J connectivity index is 1.52. The fourth-order valence-electron chi connectivity index (χ4n) is 3.67. The van der Waals surface area contributed by atoms with Crippen molar-refractivity contribution in [2.45, 2.75) is 32.4 Å². The predicted octanol–water partition coefficient (Wildman–Crippen LogP) is 2.03. The van der Waals surface area contributed by atoms with E-state index in [1.807, 2.05) is 63.8 Å². The standard InChI is InChI=1S/C22H28N6O2S/c1-16-5-3-7-22-24-20(25-28(16)22)8-9-21-23-18(19-6-4-12-31-19)15-27(21)14-17(30)13-26(2)10-11-29/h3-7,12,15,17,29-30H,8-11,13-14H2,1-2H3. The summed E-state index contributed by atoms with van der Waals surface area (Å²) in [5, 5.41) is 26.3. The first-order valence-electron chi connectivity index (χ1n) is 10.4. The van der Waals surface area contributed by atoms with E-state index in [1.54, 1.807) is 11.3 Å². The van der Waals surface area contributed by atoms with Crippen molar-refractivity contribution in [2.75, 3.05) is 26.7 Å². The van der Waals surface area contributed by atoms with Gasteiger partial charge in [0.25, 0.3) is 0 Å². The van der Waals surface area contributed by atoms with E-state index < -0.39 is 6.10 Å². The van der Waals surface area contributed by atoms with Crippen molar-refractivity contribution in [1.82, 2.24) is 29.0 Å². The minimum atomic E-state index is -0.559. The lowest BCUT2D eigenvalue weighted by molar-refractivity contribution is 0.0998. The van der Waals surface area contributed by atoms with Crippen molar-refractivity contribution in [3.05, 3.63) is 59.3 Å². The molecule has 0 spiro atoms. The number of hydrogen-bond donors (Lipinski definition) is 2. The van der Waals surface area contributed by atoms with Gasteiger partial charge in [0, 0.05) is 37.8 Å². The van der Waals surface area contributed by atoms with Crippen LogP contribution in [0.4, 0.5) is 0 Å². The van der Waals surface area contributed by atoms with Crippen molar-refractivity contribution >= 4 is 17.0 Å². The van der Waals surface area contributed by atoms with Gasteiger partial charge in [0.05, 0.1) is 29.8 Å². The number of aryl methyl sites for hydroxylation is 3. The van der Waals surface area contributed by atoms with Crippen molar-refractivity contribution in [1.29, 1.82) is 0 Å². The number of hydrogen-bond acceptors (Lipinski definition) is 7. The van der Waals surface area contributed by atoms with E-state index in [9.17, 15) is 5.11 Å². The quantitative estimate of drug-likeness (QED) is 0.392. The van der Waals surface area contributed by atoms with E-state index in [1.165, 1.54) is 0 Å². The fraction of sp³-hybridized carbons (Fsp3) is 0.409. The molecule has 164 valence electrons. The molecule has 9 heteroatoms. The molecule has 0 saturated carbocycles. The number of nitrogens with zero attached hydrogens (tertiary/aromatic N) is 6. The van der Waals surface area contributed by atoms with Crippen LogP contribution in [-0.2, 0) is 19.4 Å². The second-order valence-electron chi connectivity index (χ2n) is 7.78. The molecule has 31 heavy (non-hydrogen) atoms. The van der Waals surface area contributed by atoms with Crippen molar-refractivity contribution < 1.29 is 10.2 Å². The zero-order chi connectivity index (χ0) is 21.8. The van der Waals surface area contributed by atoms with E-state index in [2.05, 4.69) is 16.1 Å². The molecular formula is C22H28N6O2S. The monoisotopic (exact) mass is 440 g/mol. The van der Waals surface area contributed by atoms with Crippen molar-refractivity contribution in [3.63, 3.8) is 0 Å². The second kappa shape index (κ2) is 9.69. The average molecular weight is 441 g/mol. The zero-order valence-corrected chi connectivity index (χ0v) is 18.7. The first-order valence-corrected chi connectivity index (χ1v) is 11.3. The van der Waals surface area contributed by atoms with Gasteiger partial charge in [0.1, 0.15) is 5.82 Å². The van der Waals surface area contributed by atoms with Crippen LogP contribution in [0.25, 0.3) is 16.2 Å². The van der Waals surface area contributed by atoms with Crippen LogP contribution in [0.3, 0.4) is 0 Å². The highest BCUT2D eigenvalue weighted by atomic mass is 32.1. The highest BCUT2D eigenvalue weighted by Gasteiger charge is 2.16. The molecule has 4 aromatic heterocycles. The molecule has 0 radical (unpaired) electrons. The van der Waals surface area contributed by atoms with Crippen LogP contribution in [0.1, 0.15) is 17.3 Å². The third kappa shape index (κ3) is 5.19. The lowest BCUT2D eigenvalue weighted by atomic mass is 10.2. The second-order valence-corrected chi connectivity index (χ2v) is 8.72. The number of aromatic nitrogens is 5. The Morgan fingerprint density at radius 3 is 2.77 bits per heavy atom. The summed E-state index contributed by atoms with van der Waals surface area (Å²) < 4.78 is 3.90. The van der Waals surface area contributed by atoms with Gasteiger partial charge in [-0.05, 0) is 37.6 Å². The number of rotatable bonds is 10. The Morgan fingerprint density at radius 2 is 2.03 bits per heavy atom. The van der Waals surface area contributed by atoms with E-state index in [-0.39, 0.29) is 6.61 Å². The summed E-state index contributed by atoms with van der Waals surface area (Å²) in [4.78, 5) is 12.5. The number of likely N-dealkylation sites (N-methyl/N-ethyl adjacent to an activating group) is 1. The topological polar surface area (TPSA) is 91.7 Å². The smallest absolute Gasteiger partial charge is 0.155 e. The molecule has 4 heterocycles. The van der Waals surface area contributed by atoms with Crippen LogP contribution in [0.15, 0.2) is 41.9 Å². The lowest BCUT2D eigenvalue weighted by Gasteiger charge is -2.20. The zero-order valence-electron chi connectivity index (χ0n) is 17.8. The molecular weight excluding hydrogens is 412 g/mol. The van der Waals surface area contributed by atoms with Gasteiger partial charge in [-0.3, -0.25) is 0 Å². The summed E-state index contributed by atoms with van der Waals surface area (Å²) in [5.41, 5.74) is 2.81. The maximum Gasteiger partial charge on any atom is 0.155 e. The highest BCUT2D eigenvalue weighted by molar-refractivity contribution is 7.13. The maximum absolute atomic E-state index is 10.6. The molecule has 0 aliphatic rings. The molecule has 4 rings (SSSR count). The number of pyridine rings is 1. The van der Waals surface area contributed by atoms with Gasteiger partial charge in [-0.15, -0.1) is 11.3 Å². The Morgan fingerprint density at radius 1 is 1.16 bits per heavy atom. The van der Waals surface area contributed by atoms with E-state index in [0.29, 0.717) is 32.5 Å². The summed E-state index contributed by atoms with van der Waals surface area (Å²) in [6, 6.07) is 10.0.